The van der Waals surface area contributed by atoms with Gasteiger partial charge in [-0.05, 0) is 11.6 Å². The minimum absolute atomic E-state index is 0. The zero-order valence-corrected chi connectivity index (χ0v) is 18.1. The first-order valence-corrected chi connectivity index (χ1v) is 10.5. The first-order valence-electron chi connectivity index (χ1n) is 8.67. The van der Waals surface area contributed by atoms with Gasteiger partial charge in [-0.2, -0.15) is 0 Å². The van der Waals surface area contributed by atoms with Crippen LogP contribution in [-0.2, 0) is 16.3 Å². The summed E-state index contributed by atoms with van der Waals surface area (Å²) in [4.78, 5) is 6.39. The Morgan fingerprint density at radius 2 is 2.00 bits per heavy atom. The Balaban J connectivity index is 0.00000243. The van der Waals surface area contributed by atoms with E-state index >= 15 is 0 Å². The van der Waals surface area contributed by atoms with Crippen LogP contribution in [0.4, 0.5) is 0 Å². The number of fused-ring (bicyclic) bond motifs is 1. The number of guanidine groups is 1. The van der Waals surface area contributed by atoms with Crippen LogP contribution in [0.1, 0.15) is 5.56 Å². The summed E-state index contributed by atoms with van der Waals surface area (Å²) in [6.45, 7) is 3.46. The summed E-state index contributed by atoms with van der Waals surface area (Å²) in [6.07, 6.45) is 1.02. The van der Waals surface area contributed by atoms with Crippen molar-refractivity contribution in [3.05, 3.63) is 29.8 Å². The number of rotatable bonds is 5. The summed E-state index contributed by atoms with van der Waals surface area (Å²) < 4.78 is 28.8. The van der Waals surface area contributed by atoms with Gasteiger partial charge in [0.15, 0.2) is 15.8 Å². The lowest BCUT2D eigenvalue weighted by molar-refractivity contribution is 0.234. The number of nitrogens with one attached hydrogen (secondary N) is 2. The molecule has 0 saturated carbocycles. The zero-order valence-electron chi connectivity index (χ0n) is 15.0. The topological polar surface area (TPSA) is 83.0 Å². The molecule has 2 heterocycles. The van der Waals surface area contributed by atoms with Crippen molar-refractivity contribution in [2.24, 2.45) is 4.99 Å². The van der Waals surface area contributed by atoms with Gasteiger partial charge in [0.25, 0.3) is 0 Å². The largest absolute Gasteiger partial charge is 0.488 e. The Morgan fingerprint density at radius 3 is 2.69 bits per heavy atom. The average Bonchev–Trinajstić information content (AvgIpc) is 3.02. The molecule has 0 amide bonds. The van der Waals surface area contributed by atoms with Crippen molar-refractivity contribution < 1.29 is 13.2 Å². The van der Waals surface area contributed by atoms with Crippen molar-refractivity contribution >= 4 is 39.8 Å². The van der Waals surface area contributed by atoms with Gasteiger partial charge in [-0.1, -0.05) is 18.2 Å². The van der Waals surface area contributed by atoms with Crippen LogP contribution in [0.2, 0.25) is 0 Å². The highest BCUT2D eigenvalue weighted by atomic mass is 127. The van der Waals surface area contributed by atoms with Crippen LogP contribution in [0.3, 0.4) is 0 Å². The molecule has 0 aromatic heterocycles. The molecule has 1 fully saturated rings. The van der Waals surface area contributed by atoms with Gasteiger partial charge in [0, 0.05) is 39.6 Å². The van der Waals surface area contributed by atoms with E-state index in [0.717, 1.165) is 31.2 Å². The van der Waals surface area contributed by atoms with Gasteiger partial charge >= 0.3 is 0 Å². The number of benzene rings is 1. The number of nitrogens with zero attached hydrogens (tertiary/aromatic N) is 2. The molecule has 1 unspecified atom stereocenters. The molecule has 0 radical (unpaired) electrons. The summed E-state index contributed by atoms with van der Waals surface area (Å²) in [5.74, 6) is 2.24. The van der Waals surface area contributed by atoms with E-state index in [0.29, 0.717) is 19.6 Å². The molecule has 1 atom stereocenters. The normalized spacial score (nSPS) is 22.0. The highest BCUT2D eigenvalue weighted by Gasteiger charge is 2.23. The molecule has 146 valence electrons. The van der Waals surface area contributed by atoms with Crippen LogP contribution in [0.15, 0.2) is 29.3 Å². The first-order chi connectivity index (χ1) is 12.1. The van der Waals surface area contributed by atoms with E-state index in [9.17, 15) is 8.42 Å². The highest BCUT2D eigenvalue weighted by Crippen LogP contribution is 2.27. The number of ether oxygens (including phenoxy) is 1. The molecule has 2 aliphatic heterocycles. The summed E-state index contributed by atoms with van der Waals surface area (Å²) in [5.41, 5.74) is 1.25. The maximum absolute atomic E-state index is 11.4. The van der Waals surface area contributed by atoms with Crippen LogP contribution in [0.25, 0.3) is 0 Å². The fourth-order valence-corrected chi connectivity index (χ4v) is 4.38. The standard InChI is InChI=1S/C17H26N4O3S.HI/c1-18-17(19-6-7-21-8-10-25(22,23)11-9-21)20-13-15-12-14-4-2-3-5-16(14)24-15;/h2-5,15H,6-13H2,1H3,(H2,18,19,20);1H. The van der Waals surface area contributed by atoms with Crippen LogP contribution in [-0.4, -0.2) is 76.7 Å². The maximum atomic E-state index is 11.4. The van der Waals surface area contributed by atoms with Crippen molar-refractivity contribution in [3.63, 3.8) is 0 Å². The second-order valence-electron chi connectivity index (χ2n) is 6.43. The number of hydrogen-bond donors (Lipinski definition) is 2. The first kappa shape index (κ1) is 21.2. The van der Waals surface area contributed by atoms with Crippen LogP contribution >= 0.6 is 24.0 Å². The molecule has 0 spiro atoms. The van der Waals surface area contributed by atoms with E-state index in [1.54, 1.807) is 7.05 Å². The van der Waals surface area contributed by atoms with Gasteiger partial charge in [0.2, 0.25) is 0 Å². The number of aliphatic imine (C=N–C) groups is 1. The molecular weight excluding hydrogens is 467 g/mol. The van der Waals surface area contributed by atoms with Crippen molar-refractivity contribution in [1.82, 2.24) is 15.5 Å². The molecule has 7 nitrogen and oxygen atoms in total. The summed E-state index contributed by atoms with van der Waals surface area (Å²) in [7, 11) is -1.07. The summed E-state index contributed by atoms with van der Waals surface area (Å²) in [5, 5.41) is 6.57. The maximum Gasteiger partial charge on any atom is 0.191 e. The van der Waals surface area contributed by atoms with Crippen molar-refractivity contribution in [1.29, 1.82) is 0 Å². The summed E-state index contributed by atoms with van der Waals surface area (Å²) >= 11 is 0. The molecule has 1 saturated heterocycles. The molecule has 3 rings (SSSR count). The van der Waals surface area contributed by atoms with E-state index in [-0.39, 0.29) is 41.6 Å². The Bertz CT molecular complexity index is 687. The third-order valence-corrected chi connectivity index (χ3v) is 6.20. The Labute approximate surface area is 172 Å². The number of sulfone groups is 1. The Hall–Kier alpha value is -1.07. The molecule has 0 bridgehead atoms. The third kappa shape index (κ3) is 5.98. The molecule has 1 aromatic carbocycles. The predicted octanol–water partition coefficient (Wildman–Crippen LogP) is 0.504. The summed E-state index contributed by atoms with van der Waals surface area (Å²) in [6, 6.07) is 8.12. The Morgan fingerprint density at radius 1 is 1.27 bits per heavy atom. The second kappa shape index (κ2) is 9.75. The van der Waals surface area contributed by atoms with Gasteiger partial charge in [-0.25, -0.2) is 8.42 Å². The van der Waals surface area contributed by atoms with Crippen molar-refractivity contribution in [2.75, 3.05) is 51.3 Å². The van der Waals surface area contributed by atoms with E-state index in [1.807, 2.05) is 18.2 Å². The SMILES string of the molecule is CN=C(NCCN1CCS(=O)(=O)CC1)NCC1Cc2ccccc2O1.I. The smallest absolute Gasteiger partial charge is 0.191 e. The minimum atomic E-state index is -2.81. The average molecular weight is 494 g/mol. The lowest BCUT2D eigenvalue weighted by Crippen LogP contribution is -2.47. The minimum Gasteiger partial charge on any atom is -0.488 e. The lowest BCUT2D eigenvalue weighted by atomic mass is 10.1. The second-order valence-corrected chi connectivity index (χ2v) is 8.73. The van der Waals surface area contributed by atoms with Crippen LogP contribution in [0, 0.1) is 0 Å². The molecule has 1 aromatic rings. The molecule has 26 heavy (non-hydrogen) atoms. The molecule has 2 aliphatic rings. The van der Waals surface area contributed by atoms with Gasteiger partial charge < -0.3 is 15.4 Å². The highest BCUT2D eigenvalue weighted by molar-refractivity contribution is 14.0. The Kier molecular flexibility index (Phi) is 7.96. The van der Waals surface area contributed by atoms with E-state index in [1.165, 1.54) is 5.56 Å². The molecule has 9 heteroatoms. The third-order valence-electron chi connectivity index (χ3n) is 4.59. The van der Waals surface area contributed by atoms with E-state index in [2.05, 4.69) is 26.6 Å². The number of hydrogen-bond acceptors (Lipinski definition) is 5. The van der Waals surface area contributed by atoms with Crippen molar-refractivity contribution in [3.8, 4) is 5.75 Å². The van der Waals surface area contributed by atoms with Gasteiger partial charge in [0.05, 0.1) is 18.1 Å². The quantitative estimate of drug-likeness (QED) is 0.353. The van der Waals surface area contributed by atoms with Crippen molar-refractivity contribution in [2.45, 2.75) is 12.5 Å². The monoisotopic (exact) mass is 494 g/mol. The van der Waals surface area contributed by atoms with Crippen LogP contribution in [0.5, 0.6) is 5.75 Å². The van der Waals surface area contributed by atoms with Gasteiger partial charge in [-0.15, -0.1) is 24.0 Å². The van der Waals surface area contributed by atoms with Crippen LogP contribution < -0.4 is 15.4 Å². The van der Waals surface area contributed by atoms with E-state index < -0.39 is 9.84 Å². The van der Waals surface area contributed by atoms with Gasteiger partial charge in [-0.3, -0.25) is 9.89 Å². The number of para-hydroxylation sites is 1. The molecule has 0 aliphatic carbocycles. The number of halogens is 1. The molecular formula is C17H27IN4O3S. The lowest BCUT2D eigenvalue weighted by Gasteiger charge is -2.26. The fraction of sp³-hybridized carbons (Fsp3) is 0.588. The fourth-order valence-electron chi connectivity index (χ4n) is 3.11. The predicted molar refractivity (Wildman–Crippen MR) is 114 cm³/mol. The zero-order chi connectivity index (χ0) is 17.7. The van der Waals surface area contributed by atoms with E-state index in [4.69, 9.17) is 4.74 Å². The van der Waals surface area contributed by atoms with Gasteiger partial charge in [0.1, 0.15) is 11.9 Å². The molecule has 2 N–H and O–H groups in total.